The van der Waals surface area contributed by atoms with E-state index in [0.717, 1.165) is 24.4 Å². The Kier molecular flexibility index (Phi) is 3.51. The monoisotopic (exact) mass is 199 g/mol. The maximum Gasteiger partial charge on any atom is 0.0815 e. The summed E-state index contributed by atoms with van der Waals surface area (Å²) in [6, 6.07) is 0. The van der Waals surface area contributed by atoms with E-state index in [1.165, 1.54) is 0 Å². The second kappa shape index (κ2) is 4.44. The van der Waals surface area contributed by atoms with Gasteiger partial charge in [-0.15, -0.1) is 0 Å². The fourth-order valence-corrected chi connectivity index (χ4v) is 1.24. The van der Waals surface area contributed by atoms with Gasteiger partial charge in [-0.25, -0.2) is 0 Å². The molecule has 0 saturated heterocycles. The zero-order valence-corrected chi connectivity index (χ0v) is 8.73. The zero-order chi connectivity index (χ0) is 9.84. The molecule has 0 saturated carbocycles. The van der Waals surface area contributed by atoms with Crippen LogP contribution in [0.3, 0.4) is 0 Å². The van der Waals surface area contributed by atoms with Gasteiger partial charge in [-0.3, -0.25) is 4.68 Å². The van der Waals surface area contributed by atoms with Crippen molar-refractivity contribution in [2.45, 2.75) is 13.5 Å². The van der Waals surface area contributed by atoms with E-state index in [2.05, 4.69) is 17.0 Å². The highest BCUT2D eigenvalue weighted by molar-refractivity contribution is 6.31. The molecule has 3 nitrogen and oxygen atoms in total. The van der Waals surface area contributed by atoms with Crippen LogP contribution in [0.15, 0.2) is 18.3 Å². The van der Waals surface area contributed by atoms with Crippen LogP contribution in [0.5, 0.6) is 0 Å². The van der Waals surface area contributed by atoms with E-state index in [4.69, 9.17) is 11.6 Å². The molecule has 0 aliphatic rings. The molecule has 0 fully saturated rings. The molecule has 4 heteroatoms. The summed E-state index contributed by atoms with van der Waals surface area (Å²) in [5.41, 5.74) is 2.07. The molecule has 0 aliphatic carbocycles. The van der Waals surface area contributed by atoms with Gasteiger partial charge in [0.25, 0.3) is 0 Å². The molecule has 1 aromatic heterocycles. The van der Waals surface area contributed by atoms with Crippen LogP contribution in [-0.2, 0) is 6.54 Å². The summed E-state index contributed by atoms with van der Waals surface area (Å²) in [5.74, 6) is 0. The minimum absolute atomic E-state index is 0.706. The van der Waals surface area contributed by atoms with Crippen molar-refractivity contribution in [1.82, 2.24) is 15.1 Å². The van der Waals surface area contributed by atoms with Gasteiger partial charge >= 0.3 is 0 Å². The quantitative estimate of drug-likeness (QED) is 0.747. The molecule has 72 valence electrons. The Balaban J connectivity index is 2.64. The van der Waals surface area contributed by atoms with Crippen molar-refractivity contribution < 1.29 is 0 Å². The van der Waals surface area contributed by atoms with Gasteiger partial charge in [-0.05, 0) is 19.5 Å². The maximum atomic E-state index is 5.86. The number of nitrogens with zero attached hydrogens (tertiary/aromatic N) is 2. The maximum absolute atomic E-state index is 5.86. The van der Waals surface area contributed by atoms with Gasteiger partial charge in [-0.1, -0.05) is 18.2 Å². The van der Waals surface area contributed by atoms with Crippen LogP contribution in [-0.4, -0.2) is 23.4 Å². The second-order valence-electron chi connectivity index (χ2n) is 3.02. The van der Waals surface area contributed by atoms with Gasteiger partial charge in [-0.2, -0.15) is 5.10 Å². The lowest BCUT2D eigenvalue weighted by Crippen LogP contribution is -2.15. The Labute approximate surface area is 83.4 Å². The summed E-state index contributed by atoms with van der Waals surface area (Å²) in [6.07, 6.45) is 1.66. The number of rotatable bonds is 4. The average Bonchev–Trinajstić information content (AvgIpc) is 2.37. The topological polar surface area (TPSA) is 29.9 Å². The number of halogens is 1. The lowest BCUT2D eigenvalue weighted by molar-refractivity contribution is 0.639. The molecule has 0 unspecified atom stereocenters. The van der Waals surface area contributed by atoms with E-state index in [1.807, 2.05) is 18.7 Å². The van der Waals surface area contributed by atoms with Crippen LogP contribution in [0.25, 0.3) is 0 Å². The molecule has 13 heavy (non-hydrogen) atoms. The van der Waals surface area contributed by atoms with Gasteiger partial charge in [0.2, 0.25) is 0 Å². The van der Waals surface area contributed by atoms with Crippen molar-refractivity contribution >= 4 is 11.6 Å². The largest absolute Gasteiger partial charge is 0.316 e. The molecule has 1 aromatic rings. The van der Waals surface area contributed by atoms with Gasteiger partial charge in [0, 0.05) is 6.54 Å². The fraction of sp³-hybridized carbons (Fsp3) is 0.444. The SMILES string of the molecule is C=C(CNC)Cn1ncc(Cl)c1C. The van der Waals surface area contributed by atoms with E-state index < -0.39 is 0 Å². The number of nitrogens with one attached hydrogen (secondary N) is 1. The molecule has 1 heterocycles. The Hall–Kier alpha value is -0.800. The first kappa shape index (κ1) is 10.3. The van der Waals surface area contributed by atoms with Crippen molar-refractivity contribution in [1.29, 1.82) is 0 Å². The predicted octanol–water partition coefficient (Wildman–Crippen LogP) is 1.62. The van der Waals surface area contributed by atoms with Crippen LogP contribution >= 0.6 is 11.6 Å². The first-order valence-corrected chi connectivity index (χ1v) is 4.52. The fourth-order valence-electron chi connectivity index (χ4n) is 1.10. The smallest absolute Gasteiger partial charge is 0.0815 e. The highest BCUT2D eigenvalue weighted by Gasteiger charge is 2.04. The molecule has 0 atom stereocenters. The van der Waals surface area contributed by atoms with Crippen molar-refractivity contribution in [2.24, 2.45) is 0 Å². The lowest BCUT2D eigenvalue weighted by atomic mass is 10.3. The first-order chi connectivity index (χ1) is 6.15. The first-order valence-electron chi connectivity index (χ1n) is 4.14. The van der Waals surface area contributed by atoms with Gasteiger partial charge in [0.15, 0.2) is 0 Å². The standard InChI is InChI=1S/C9H14ClN3/c1-7(4-11-3)6-13-8(2)9(10)5-12-13/h5,11H,1,4,6H2,2-3H3. The third-order valence-corrected chi connectivity index (χ3v) is 2.21. The summed E-state index contributed by atoms with van der Waals surface area (Å²) in [7, 11) is 1.90. The van der Waals surface area contributed by atoms with Crippen LogP contribution in [0, 0.1) is 6.92 Å². The molecule has 1 N–H and O–H groups in total. The van der Waals surface area contributed by atoms with E-state index in [0.29, 0.717) is 5.02 Å². The van der Waals surface area contributed by atoms with Gasteiger partial charge < -0.3 is 5.32 Å². The highest BCUT2D eigenvalue weighted by atomic mass is 35.5. The van der Waals surface area contributed by atoms with E-state index in [-0.39, 0.29) is 0 Å². The Morgan fingerprint density at radius 2 is 2.46 bits per heavy atom. The predicted molar refractivity (Wildman–Crippen MR) is 55.0 cm³/mol. The van der Waals surface area contributed by atoms with Crippen molar-refractivity contribution in [3.63, 3.8) is 0 Å². The normalized spacial score (nSPS) is 10.4. The van der Waals surface area contributed by atoms with E-state index >= 15 is 0 Å². The average molecular weight is 200 g/mol. The summed E-state index contributed by atoms with van der Waals surface area (Å²) in [4.78, 5) is 0. The molecule has 0 aliphatic heterocycles. The molecule has 0 aromatic carbocycles. The van der Waals surface area contributed by atoms with Crippen LogP contribution in [0.4, 0.5) is 0 Å². The summed E-state index contributed by atoms with van der Waals surface area (Å²) < 4.78 is 1.85. The number of aromatic nitrogens is 2. The van der Waals surface area contributed by atoms with Crippen LogP contribution < -0.4 is 5.32 Å². The minimum Gasteiger partial charge on any atom is -0.316 e. The van der Waals surface area contributed by atoms with Crippen LogP contribution in [0.2, 0.25) is 5.02 Å². The summed E-state index contributed by atoms with van der Waals surface area (Å²) in [6.45, 7) is 7.39. The second-order valence-corrected chi connectivity index (χ2v) is 3.42. The van der Waals surface area contributed by atoms with Crippen molar-refractivity contribution in [3.05, 3.63) is 29.1 Å². The molecular weight excluding hydrogens is 186 g/mol. The number of hydrogen-bond donors (Lipinski definition) is 1. The zero-order valence-electron chi connectivity index (χ0n) is 7.97. The summed E-state index contributed by atoms with van der Waals surface area (Å²) >= 11 is 5.86. The minimum atomic E-state index is 0.706. The highest BCUT2D eigenvalue weighted by Crippen LogP contribution is 2.13. The van der Waals surface area contributed by atoms with Crippen molar-refractivity contribution in [2.75, 3.05) is 13.6 Å². The van der Waals surface area contributed by atoms with E-state index in [1.54, 1.807) is 6.20 Å². The Morgan fingerprint density at radius 3 is 2.92 bits per heavy atom. The molecule has 1 rings (SSSR count). The Morgan fingerprint density at radius 1 is 1.77 bits per heavy atom. The van der Waals surface area contributed by atoms with Gasteiger partial charge in [0.1, 0.15) is 0 Å². The third-order valence-electron chi connectivity index (χ3n) is 1.84. The molecule has 0 amide bonds. The van der Waals surface area contributed by atoms with Crippen molar-refractivity contribution in [3.8, 4) is 0 Å². The molecular formula is C9H14ClN3. The lowest BCUT2D eigenvalue weighted by Gasteiger charge is -2.06. The van der Waals surface area contributed by atoms with Gasteiger partial charge in [0.05, 0.1) is 23.5 Å². The summed E-state index contributed by atoms with van der Waals surface area (Å²) in [5, 5.41) is 7.88. The third kappa shape index (κ3) is 2.57. The molecule has 0 bridgehead atoms. The number of likely N-dealkylation sites (N-methyl/N-ethyl adjacent to an activating group) is 1. The Bertz CT molecular complexity index is 304. The molecule has 0 radical (unpaired) electrons. The van der Waals surface area contributed by atoms with Crippen LogP contribution in [0.1, 0.15) is 5.69 Å². The number of hydrogen-bond acceptors (Lipinski definition) is 2. The van der Waals surface area contributed by atoms with E-state index in [9.17, 15) is 0 Å². The molecule has 0 spiro atoms.